The number of fused-ring (bicyclic) bond motifs is 4. The molecule has 0 radical (unpaired) electrons. The smallest absolute Gasteiger partial charge is 0.311 e. The topological polar surface area (TPSA) is 61.8 Å². The fourth-order valence-electron chi connectivity index (χ4n) is 10.5. The number of ether oxygens (including phenoxy) is 1. The lowest BCUT2D eigenvalue weighted by Crippen LogP contribution is -2.75. The molecular weight excluding hydrogens is 452 g/mol. The maximum Gasteiger partial charge on any atom is 0.311 e. The summed E-state index contributed by atoms with van der Waals surface area (Å²) in [7, 11) is 1.49. The number of ketones is 1. The molecular formula is C31H44O5. The Balaban J connectivity index is 1.53. The molecule has 1 spiro atoms. The summed E-state index contributed by atoms with van der Waals surface area (Å²) >= 11 is 0. The molecule has 9 atom stereocenters. The van der Waals surface area contributed by atoms with Crippen LogP contribution in [0.3, 0.4) is 0 Å². The molecule has 1 heterocycles. The molecule has 6 rings (SSSR count). The summed E-state index contributed by atoms with van der Waals surface area (Å²) in [5, 5.41) is 0. The highest BCUT2D eigenvalue weighted by atomic mass is 17.2. The molecule has 1 aliphatic heterocycles. The molecule has 4 fully saturated rings. The summed E-state index contributed by atoms with van der Waals surface area (Å²) < 4.78 is 5.26. The molecule has 0 amide bonds. The summed E-state index contributed by atoms with van der Waals surface area (Å²) in [6.07, 6.45) is 12.8. The average Bonchev–Trinajstić information content (AvgIpc) is 3.13. The number of allylic oxidation sites excluding steroid dienone is 2. The van der Waals surface area contributed by atoms with E-state index in [-0.39, 0.29) is 40.0 Å². The Morgan fingerprint density at radius 2 is 1.69 bits per heavy atom. The zero-order valence-electron chi connectivity index (χ0n) is 23.5. The molecule has 5 aliphatic carbocycles. The highest BCUT2D eigenvalue weighted by Crippen LogP contribution is 2.78. The van der Waals surface area contributed by atoms with E-state index in [4.69, 9.17) is 14.5 Å². The van der Waals surface area contributed by atoms with Crippen molar-refractivity contribution in [2.45, 2.75) is 105 Å². The van der Waals surface area contributed by atoms with Crippen molar-refractivity contribution in [2.24, 2.45) is 44.3 Å². The van der Waals surface area contributed by atoms with Crippen molar-refractivity contribution >= 4 is 11.8 Å². The molecule has 0 bridgehead atoms. The maximum atomic E-state index is 14.6. The SMILES string of the molecule is COC(=O)[C@@]1(C)CC[C@]2(C)CC[C@]3(C)C(=CC(=O)[C@@]45OO[C@H]6C=CC(C)(C)[C@H](CC[C@]43C)[C@]65C)[C@@H]2C1. The second-order valence-electron chi connectivity index (χ2n) is 14.9. The van der Waals surface area contributed by atoms with Gasteiger partial charge in [0.15, 0.2) is 11.4 Å². The standard InChI is InChI=1S/C31H44O5/c1-25(2)11-10-23-30(7)21(25)9-12-29(6)28(5)16-15-26(3)13-14-27(4,24(33)34-8)18-20(26)19(28)17-22(32)31(29,30)36-35-23/h10-11,17,20-21,23H,9,12-16,18H2,1-8H3/t20-,21-,23-,26+,27-,28+,29-,30+,31+/m0/s1. The third-order valence-electron chi connectivity index (χ3n) is 13.1. The normalized spacial score (nSPS) is 54.5. The molecule has 0 aromatic carbocycles. The fraction of sp³-hybridized carbons (Fsp3) is 0.806. The molecule has 5 nitrogen and oxygen atoms in total. The van der Waals surface area contributed by atoms with Crippen LogP contribution < -0.4 is 0 Å². The summed E-state index contributed by atoms with van der Waals surface area (Å²) in [5.41, 5.74) is -1.26. The van der Waals surface area contributed by atoms with Crippen molar-refractivity contribution in [3.63, 3.8) is 0 Å². The van der Waals surface area contributed by atoms with Crippen LogP contribution in [0, 0.1) is 44.3 Å². The molecule has 0 aromatic rings. The van der Waals surface area contributed by atoms with E-state index in [1.165, 1.54) is 12.7 Å². The second kappa shape index (κ2) is 6.94. The third kappa shape index (κ3) is 2.47. The van der Waals surface area contributed by atoms with E-state index in [0.717, 1.165) is 44.9 Å². The fourth-order valence-corrected chi connectivity index (χ4v) is 10.5. The highest BCUT2D eigenvalue weighted by Gasteiger charge is 2.82. The van der Waals surface area contributed by atoms with Crippen molar-refractivity contribution in [1.82, 2.24) is 0 Å². The summed E-state index contributed by atoms with van der Waals surface area (Å²) in [6, 6.07) is 0. The average molecular weight is 497 g/mol. The van der Waals surface area contributed by atoms with E-state index in [1.807, 2.05) is 6.08 Å². The molecule has 0 unspecified atom stereocenters. The van der Waals surface area contributed by atoms with Gasteiger partial charge in [-0.15, -0.1) is 0 Å². The van der Waals surface area contributed by atoms with Gasteiger partial charge in [-0.3, -0.25) is 9.59 Å². The van der Waals surface area contributed by atoms with Crippen LogP contribution in [0.5, 0.6) is 0 Å². The number of carbonyl (C=O) groups excluding carboxylic acids is 2. The van der Waals surface area contributed by atoms with Gasteiger partial charge in [0.2, 0.25) is 0 Å². The van der Waals surface area contributed by atoms with Crippen LogP contribution in [0.1, 0.15) is 93.4 Å². The van der Waals surface area contributed by atoms with Crippen LogP contribution in [0.4, 0.5) is 0 Å². The van der Waals surface area contributed by atoms with Gasteiger partial charge in [0.25, 0.3) is 0 Å². The Morgan fingerprint density at radius 1 is 1.00 bits per heavy atom. The Kier molecular flexibility index (Phi) is 4.79. The van der Waals surface area contributed by atoms with Gasteiger partial charge in [0.1, 0.15) is 6.10 Å². The Bertz CT molecular complexity index is 1100. The van der Waals surface area contributed by atoms with Crippen molar-refractivity contribution in [3.05, 3.63) is 23.8 Å². The molecule has 0 N–H and O–H groups in total. The molecule has 3 saturated carbocycles. The Morgan fingerprint density at radius 3 is 2.39 bits per heavy atom. The summed E-state index contributed by atoms with van der Waals surface area (Å²) in [4.78, 5) is 40.0. The first kappa shape index (κ1) is 24.9. The van der Waals surface area contributed by atoms with Gasteiger partial charge in [0.05, 0.1) is 12.5 Å². The second-order valence-corrected chi connectivity index (χ2v) is 14.9. The zero-order chi connectivity index (χ0) is 26.2. The molecule has 6 aliphatic rings. The van der Waals surface area contributed by atoms with Crippen LogP contribution in [0.2, 0.25) is 0 Å². The van der Waals surface area contributed by atoms with Gasteiger partial charge < -0.3 is 4.74 Å². The predicted octanol–water partition coefficient (Wildman–Crippen LogP) is 6.37. The van der Waals surface area contributed by atoms with Crippen LogP contribution in [0.25, 0.3) is 0 Å². The zero-order valence-corrected chi connectivity index (χ0v) is 23.5. The van der Waals surface area contributed by atoms with Crippen LogP contribution in [-0.4, -0.2) is 30.6 Å². The largest absolute Gasteiger partial charge is 0.469 e. The number of esters is 1. The van der Waals surface area contributed by atoms with Gasteiger partial charge >= 0.3 is 5.97 Å². The number of carbonyl (C=O) groups is 2. The first-order valence-corrected chi connectivity index (χ1v) is 14.0. The lowest BCUT2D eigenvalue weighted by atomic mass is 9.32. The van der Waals surface area contributed by atoms with E-state index < -0.39 is 21.8 Å². The highest BCUT2D eigenvalue weighted by molar-refractivity contribution is 6.01. The van der Waals surface area contributed by atoms with E-state index in [9.17, 15) is 9.59 Å². The lowest BCUT2D eigenvalue weighted by molar-refractivity contribution is -0.350. The van der Waals surface area contributed by atoms with Crippen molar-refractivity contribution in [3.8, 4) is 0 Å². The van der Waals surface area contributed by atoms with Crippen LogP contribution in [-0.2, 0) is 24.1 Å². The van der Waals surface area contributed by atoms with Crippen LogP contribution in [0.15, 0.2) is 23.8 Å². The van der Waals surface area contributed by atoms with E-state index >= 15 is 0 Å². The van der Waals surface area contributed by atoms with Gasteiger partial charge in [-0.25, -0.2) is 9.78 Å². The quantitative estimate of drug-likeness (QED) is 0.240. The summed E-state index contributed by atoms with van der Waals surface area (Å²) in [5.74, 6) is 0.428. The molecule has 198 valence electrons. The number of methoxy groups -OCH3 is 1. The van der Waals surface area contributed by atoms with E-state index in [2.05, 4.69) is 60.6 Å². The van der Waals surface area contributed by atoms with Crippen LogP contribution >= 0.6 is 0 Å². The van der Waals surface area contributed by atoms with Gasteiger partial charge in [-0.05, 0) is 86.0 Å². The minimum Gasteiger partial charge on any atom is -0.469 e. The summed E-state index contributed by atoms with van der Waals surface area (Å²) in [6.45, 7) is 16.0. The van der Waals surface area contributed by atoms with Gasteiger partial charge in [-0.1, -0.05) is 59.3 Å². The van der Waals surface area contributed by atoms with Crippen molar-refractivity contribution < 1.29 is 24.1 Å². The Hall–Kier alpha value is -1.46. The van der Waals surface area contributed by atoms with E-state index in [0.29, 0.717) is 5.92 Å². The Labute approximate surface area is 216 Å². The molecule has 5 heteroatoms. The predicted molar refractivity (Wildman–Crippen MR) is 137 cm³/mol. The number of hydrogen-bond donors (Lipinski definition) is 0. The van der Waals surface area contributed by atoms with E-state index in [1.54, 1.807) is 0 Å². The number of hydrogen-bond acceptors (Lipinski definition) is 5. The first-order chi connectivity index (χ1) is 16.7. The van der Waals surface area contributed by atoms with Crippen molar-refractivity contribution in [1.29, 1.82) is 0 Å². The molecule has 1 saturated heterocycles. The molecule has 36 heavy (non-hydrogen) atoms. The van der Waals surface area contributed by atoms with Gasteiger partial charge in [0, 0.05) is 10.8 Å². The number of rotatable bonds is 1. The van der Waals surface area contributed by atoms with Gasteiger partial charge in [-0.2, -0.15) is 0 Å². The van der Waals surface area contributed by atoms with Crippen molar-refractivity contribution in [2.75, 3.05) is 7.11 Å². The molecule has 0 aromatic heterocycles. The third-order valence-corrected chi connectivity index (χ3v) is 13.1. The minimum absolute atomic E-state index is 0.0291. The first-order valence-electron chi connectivity index (χ1n) is 14.0. The lowest BCUT2D eigenvalue weighted by Gasteiger charge is -2.70. The monoisotopic (exact) mass is 496 g/mol. The maximum absolute atomic E-state index is 14.6. The minimum atomic E-state index is -1.01.